The number of rotatable bonds is 6. The Balaban J connectivity index is 1.45. The van der Waals surface area contributed by atoms with Gasteiger partial charge >= 0.3 is 0 Å². The highest BCUT2D eigenvalue weighted by Crippen LogP contribution is 2.42. The minimum absolute atomic E-state index is 0.274. The van der Waals surface area contributed by atoms with Gasteiger partial charge in [-0.1, -0.05) is 0 Å². The molecule has 0 amide bonds. The molecule has 2 aromatic heterocycles. The Bertz CT molecular complexity index is 1040. The summed E-state index contributed by atoms with van der Waals surface area (Å²) in [6.07, 6.45) is 4.70. The molecule has 1 saturated carbocycles. The first kappa shape index (κ1) is 19.3. The van der Waals surface area contributed by atoms with Crippen molar-refractivity contribution >= 4 is 23.0 Å². The lowest BCUT2D eigenvalue weighted by atomic mass is 9.98. The maximum atomic E-state index is 13.9. The molecule has 1 aromatic carbocycles. The molecule has 5 rings (SSSR count). The fraction of sp³-hybridized carbons (Fsp3) is 0.455. The van der Waals surface area contributed by atoms with Crippen LogP contribution in [0.2, 0.25) is 0 Å². The molecule has 3 heterocycles. The monoisotopic (exact) mass is 410 g/mol. The summed E-state index contributed by atoms with van der Waals surface area (Å²) < 4.78 is 15.7. The van der Waals surface area contributed by atoms with Crippen molar-refractivity contribution in [3.8, 4) is 0 Å². The molecule has 0 unspecified atom stereocenters. The summed E-state index contributed by atoms with van der Waals surface area (Å²) >= 11 is 0. The Morgan fingerprint density at radius 2 is 2.10 bits per heavy atom. The van der Waals surface area contributed by atoms with Gasteiger partial charge in [0.15, 0.2) is 5.65 Å². The number of piperidine rings is 1. The first-order valence-electron chi connectivity index (χ1n) is 10.6. The van der Waals surface area contributed by atoms with E-state index in [0.29, 0.717) is 24.1 Å². The van der Waals surface area contributed by atoms with Crippen LogP contribution in [0.3, 0.4) is 0 Å². The summed E-state index contributed by atoms with van der Waals surface area (Å²) in [7, 11) is 0. The number of hydrogen-bond donors (Lipinski definition) is 4. The number of aliphatic hydroxyl groups is 1. The fourth-order valence-electron chi connectivity index (χ4n) is 4.21. The summed E-state index contributed by atoms with van der Waals surface area (Å²) in [6.45, 7) is 4.12. The topological polar surface area (TPSA) is 86.5 Å². The molecule has 1 aliphatic heterocycles. The van der Waals surface area contributed by atoms with Gasteiger partial charge in [-0.25, -0.2) is 9.37 Å². The van der Waals surface area contributed by atoms with E-state index >= 15 is 0 Å². The van der Waals surface area contributed by atoms with E-state index in [2.05, 4.69) is 21.0 Å². The fourth-order valence-corrected chi connectivity index (χ4v) is 4.21. The maximum Gasteiger partial charge on any atom is 0.163 e. The summed E-state index contributed by atoms with van der Waals surface area (Å²) in [5.74, 6) is 2.07. The third-order valence-electron chi connectivity index (χ3n) is 5.82. The molecule has 2 aliphatic rings. The van der Waals surface area contributed by atoms with Gasteiger partial charge in [-0.15, -0.1) is 0 Å². The Labute approximate surface area is 174 Å². The Morgan fingerprint density at radius 3 is 2.87 bits per heavy atom. The third kappa shape index (κ3) is 4.11. The zero-order valence-electron chi connectivity index (χ0n) is 17.0. The van der Waals surface area contributed by atoms with Crippen LogP contribution in [0, 0.1) is 18.7 Å². The first-order chi connectivity index (χ1) is 14.5. The highest BCUT2D eigenvalue weighted by atomic mass is 19.1. The Kier molecular flexibility index (Phi) is 5.04. The summed E-state index contributed by atoms with van der Waals surface area (Å²) in [5, 5.41) is 24.4. The van der Waals surface area contributed by atoms with Crippen molar-refractivity contribution in [2.45, 2.75) is 38.2 Å². The predicted molar refractivity (Wildman–Crippen MR) is 115 cm³/mol. The van der Waals surface area contributed by atoms with Crippen LogP contribution >= 0.6 is 0 Å². The van der Waals surface area contributed by atoms with Gasteiger partial charge in [0.2, 0.25) is 0 Å². The second-order valence-corrected chi connectivity index (χ2v) is 8.57. The molecule has 4 N–H and O–H groups in total. The van der Waals surface area contributed by atoms with E-state index in [4.69, 9.17) is 4.98 Å². The second-order valence-electron chi connectivity index (χ2n) is 8.57. The van der Waals surface area contributed by atoms with Gasteiger partial charge in [-0.3, -0.25) is 0 Å². The molecule has 0 radical (unpaired) electrons. The Hall–Kier alpha value is -2.71. The number of nitrogens with one attached hydrogen (secondary N) is 3. The van der Waals surface area contributed by atoms with Gasteiger partial charge in [0.05, 0.1) is 12.3 Å². The van der Waals surface area contributed by atoms with Crippen molar-refractivity contribution < 1.29 is 9.50 Å². The van der Waals surface area contributed by atoms with Crippen molar-refractivity contribution in [2.24, 2.45) is 5.92 Å². The van der Waals surface area contributed by atoms with Gasteiger partial charge < -0.3 is 21.1 Å². The normalized spacial score (nSPS) is 21.7. The van der Waals surface area contributed by atoms with Crippen LogP contribution in [0.1, 0.15) is 36.3 Å². The van der Waals surface area contributed by atoms with Crippen molar-refractivity contribution in [1.82, 2.24) is 19.9 Å². The number of benzene rings is 1. The molecule has 7 nitrogen and oxygen atoms in total. The number of aryl methyl sites for hydroxylation is 1. The third-order valence-corrected chi connectivity index (χ3v) is 5.82. The molecule has 0 spiro atoms. The van der Waals surface area contributed by atoms with E-state index in [1.807, 2.05) is 25.3 Å². The van der Waals surface area contributed by atoms with Crippen LogP contribution in [0.25, 0.3) is 5.65 Å². The molecule has 0 bridgehead atoms. The minimum atomic E-state index is -0.300. The summed E-state index contributed by atoms with van der Waals surface area (Å²) in [4.78, 5) is 4.83. The van der Waals surface area contributed by atoms with Crippen molar-refractivity contribution in [3.05, 3.63) is 47.4 Å². The van der Waals surface area contributed by atoms with Gasteiger partial charge in [0.25, 0.3) is 0 Å². The zero-order chi connectivity index (χ0) is 20.7. The van der Waals surface area contributed by atoms with Crippen molar-refractivity contribution in [1.29, 1.82) is 0 Å². The molecule has 2 fully saturated rings. The molecule has 158 valence electrons. The van der Waals surface area contributed by atoms with Crippen LogP contribution in [0.4, 0.5) is 21.7 Å². The number of nitrogens with zero attached hydrogens (tertiary/aromatic N) is 3. The molecular formula is C22H27FN6O. The quantitative estimate of drug-likeness (QED) is 0.499. The van der Waals surface area contributed by atoms with Crippen LogP contribution in [-0.2, 0) is 0 Å². The smallest absolute Gasteiger partial charge is 0.163 e. The first-order valence-corrected chi connectivity index (χ1v) is 10.6. The van der Waals surface area contributed by atoms with Crippen LogP contribution in [0.5, 0.6) is 0 Å². The SMILES string of the molecule is Cc1cc(F)cc(Nc2cc(NC[C@H]3CNC[C@H](O)C3)nc3c(C4CC4)cnn23)c1. The van der Waals surface area contributed by atoms with Crippen molar-refractivity contribution in [2.75, 3.05) is 30.3 Å². The number of β-amino-alcohol motifs (C(OH)–C–C–N with tert-alkyl or cyclic N) is 1. The van der Waals surface area contributed by atoms with E-state index < -0.39 is 0 Å². The number of halogens is 1. The molecular weight excluding hydrogens is 383 g/mol. The average molecular weight is 410 g/mol. The van der Waals surface area contributed by atoms with Gasteiger partial charge in [0.1, 0.15) is 17.5 Å². The average Bonchev–Trinajstić information content (AvgIpc) is 3.45. The molecule has 2 atom stereocenters. The second kappa shape index (κ2) is 7.85. The van der Waals surface area contributed by atoms with E-state index in [0.717, 1.165) is 60.8 Å². The number of aromatic nitrogens is 3. The highest BCUT2D eigenvalue weighted by Gasteiger charge is 2.28. The van der Waals surface area contributed by atoms with Crippen LogP contribution < -0.4 is 16.0 Å². The largest absolute Gasteiger partial charge is 0.392 e. The summed E-state index contributed by atoms with van der Waals surface area (Å²) in [5.41, 5.74) is 3.52. The summed E-state index contributed by atoms with van der Waals surface area (Å²) in [6, 6.07) is 6.80. The highest BCUT2D eigenvalue weighted by molar-refractivity contribution is 5.66. The van der Waals surface area contributed by atoms with Crippen LogP contribution in [0.15, 0.2) is 30.5 Å². The molecule has 1 saturated heterocycles. The molecule has 1 aliphatic carbocycles. The molecule has 3 aromatic rings. The number of anilines is 3. The van der Waals surface area contributed by atoms with Crippen molar-refractivity contribution in [3.63, 3.8) is 0 Å². The van der Waals surface area contributed by atoms with Crippen LogP contribution in [-0.4, -0.2) is 45.4 Å². The minimum Gasteiger partial charge on any atom is -0.392 e. The predicted octanol–water partition coefficient (Wildman–Crippen LogP) is 3.18. The van der Waals surface area contributed by atoms with E-state index in [-0.39, 0.29) is 11.9 Å². The Morgan fingerprint density at radius 1 is 1.23 bits per heavy atom. The van der Waals surface area contributed by atoms with E-state index in [1.54, 1.807) is 4.52 Å². The van der Waals surface area contributed by atoms with Gasteiger partial charge in [-0.2, -0.15) is 9.61 Å². The standard InChI is InChI=1S/C22H27FN6O/c1-13-4-16(23)7-17(5-13)27-21-8-20(25-10-14-6-18(30)11-24-9-14)28-22-19(15-2-3-15)12-26-29(21)22/h4-5,7-8,12,14-15,18,24,27,30H,2-3,6,9-11H2,1H3,(H,25,28)/t14-,18-/m1/s1. The molecule has 8 heteroatoms. The van der Waals surface area contributed by atoms with E-state index in [1.165, 1.54) is 12.1 Å². The lowest BCUT2D eigenvalue weighted by molar-refractivity contribution is 0.117. The van der Waals surface area contributed by atoms with Gasteiger partial charge in [0, 0.05) is 30.4 Å². The lowest BCUT2D eigenvalue weighted by Gasteiger charge is -2.27. The maximum absolute atomic E-state index is 13.9. The number of hydrogen-bond acceptors (Lipinski definition) is 6. The number of fused-ring (bicyclic) bond motifs is 1. The zero-order valence-corrected chi connectivity index (χ0v) is 17.0. The van der Waals surface area contributed by atoms with E-state index in [9.17, 15) is 9.50 Å². The lowest BCUT2D eigenvalue weighted by Crippen LogP contribution is -2.41. The van der Waals surface area contributed by atoms with Gasteiger partial charge in [-0.05, 0) is 68.3 Å². The number of aliphatic hydroxyl groups excluding tert-OH is 1. The molecule has 30 heavy (non-hydrogen) atoms.